The number of nitrogens with two attached hydrogens (primary N) is 1. The molecule has 2 aliphatic heterocycles. The summed E-state index contributed by atoms with van der Waals surface area (Å²) in [4.78, 5) is 121. The second-order valence-electron chi connectivity index (χ2n) is 22.7. The maximum absolute atomic E-state index is 14.4. The first-order chi connectivity index (χ1) is 43.5. The van der Waals surface area contributed by atoms with Crippen molar-refractivity contribution in [1.82, 2.24) is 39.4 Å². The summed E-state index contributed by atoms with van der Waals surface area (Å²) in [5.74, 6) is -2.33. The predicted molar refractivity (Wildman–Crippen MR) is 337 cm³/mol. The quantitative estimate of drug-likeness (QED) is 0.0161. The average Bonchev–Trinajstić information content (AvgIpc) is 1.45. The van der Waals surface area contributed by atoms with Gasteiger partial charge in [0.25, 0.3) is 5.56 Å². The summed E-state index contributed by atoms with van der Waals surface area (Å²) >= 11 is 1.49. The number of nitrogens with zero attached hydrogens (tertiary/aromatic N) is 8. The lowest BCUT2D eigenvalue weighted by Gasteiger charge is -2.35. The number of hydrogen-bond donors (Lipinski definition) is 2. The predicted octanol–water partition coefficient (Wildman–Crippen LogP) is 8.45. The Labute approximate surface area is 527 Å². The van der Waals surface area contributed by atoms with Crippen molar-refractivity contribution in [2.45, 2.75) is 154 Å². The summed E-state index contributed by atoms with van der Waals surface area (Å²) < 4.78 is 31.4. The Hall–Kier alpha value is -8.32. The van der Waals surface area contributed by atoms with E-state index in [1.165, 1.54) is 11.8 Å². The number of cyclic esters (lactones) is 1. The van der Waals surface area contributed by atoms with Crippen molar-refractivity contribution in [2.75, 3.05) is 51.1 Å². The highest BCUT2D eigenvalue weighted by atomic mass is 32.2. The molecule has 4 aromatic heterocycles. The summed E-state index contributed by atoms with van der Waals surface area (Å²) in [6.45, 7) is 8.16. The van der Waals surface area contributed by atoms with E-state index < -0.39 is 29.2 Å². The van der Waals surface area contributed by atoms with Crippen molar-refractivity contribution in [2.24, 2.45) is 11.7 Å². The number of ketones is 3. The zero-order valence-electron chi connectivity index (χ0n) is 51.9. The molecule has 0 spiro atoms. The summed E-state index contributed by atoms with van der Waals surface area (Å²) in [5, 5.41) is 12.8. The van der Waals surface area contributed by atoms with Crippen LogP contribution in [-0.2, 0) is 97.2 Å². The van der Waals surface area contributed by atoms with Gasteiger partial charge in [-0.2, -0.15) is 0 Å². The first-order valence-corrected chi connectivity index (χ1v) is 31.9. The van der Waals surface area contributed by atoms with Crippen molar-refractivity contribution in [1.29, 1.82) is 0 Å². The lowest BCUT2D eigenvalue weighted by molar-refractivity contribution is -0.175. The summed E-state index contributed by atoms with van der Waals surface area (Å²) in [6.07, 6.45) is 15.7. The number of aryl methyl sites for hydroxylation is 1. The number of rotatable bonds is 36. The number of anilines is 1. The molecule has 6 aromatic rings. The van der Waals surface area contributed by atoms with Gasteiger partial charge in [0.2, 0.25) is 17.4 Å². The van der Waals surface area contributed by atoms with E-state index >= 15 is 0 Å². The highest BCUT2D eigenvalue weighted by Crippen LogP contribution is 2.42. The third-order valence-electron chi connectivity index (χ3n) is 15.9. The van der Waals surface area contributed by atoms with Gasteiger partial charge in [-0.25, -0.2) is 29.2 Å². The Balaban J connectivity index is 0.749. The number of aromatic nitrogens is 7. The van der Waals surface area contributed by atoms with E-state index in [0.717, 1.165) is 45.8 Å². The van der Waals surface area contributed by atoms with Gasteiger partial charge < -0.3 is 44.2 Å². The molecule has 0 saturated heterocycles. The van der Waals surface area contributed by atoms with Gasteiger partial charge in [-0.05, 0) is 113 Å². The summed E-state index contributed by atoms with van der Waals surface area (Å²) in [6, 6.07) is 15.9. The maximum Gasteiger partial charge on any atom is 0.510 e. The molecular weight excluding hydrogens is 1170 g/mol. The van der Waals surface area contributed by atoms with Gasteiger partial charge in [0, 0.05) is 104 Å². The van der Waals surface area contributed by atoms with Gasteiger partial charge >= 0.3 is 12.1 Å². The smallest absolute Gasteiger partial charge is 0.457 e. The van der Waals surface area contributed by atoms with Gasteiger partial charge in [-0.15, -0.1) is 5.10 Å². The van der Waals surface area contributed by atoms with Gasteiger partial charge in [0.15, 0.2) is 16.7 Å². The Bertz CT molecular complexity index is 3610. The van der Waals surface area contributed by atoms with E-state index in [2.05, 4.69) is 25.6 Å². The molecule has 2 atom stereocenters. The van der Waals surface area contributed by atoms with Crippen LogP contribution >= 0.6 is 11.8 Å². The molecule has 0 bridgehead atoms. The number of amides is 2. The number of fused-ring (bicyclic) bond motifs is 5. The van der Waals surface area contributed by atoms with Crippen LogP contribution in [-0.4, -0.2) is 133 Å². The molecule has 24 heteroatoms. The summed E-state index contributed by atoms with van der Waals surface area (Å²) in [7, 11) is 0. The minimum Gasteiger partial charge on any atom is -0.457 e. The number of nitrogens with one attached hydrogen (secondary N) is 1. The van der Waals surface area contributed by atoms with Gasteiger partial charge in [-0.1, -0.05) is 72.8 Å². The third kappa shape index (κ3) is 18.0. The number of carbonyl (C=O) groups excluding carboxylic acids is 7. The van der Waals surface area contributed by atoms with E-state index in [9.17, 15) is 38.4 Å². The Morgan fingerprint density at radius 3 is 2.41 bits per heavy atom. The van der Waals surface area contributed by atoms with E-state index in [-0.39, 0.29) is 98.6 Å². The second kappa shape index (κ2) is 33.0. The number of unbranched alkanes of at least 4 members (excludes halogenated alkanes) is 2. The minimum atomic E-state index is -2.02. The van der Waals surface area contributed by atoms with Crippen LogP contribution < -0.4 is 16.6 Å². The fourth-order valence-corrected chi connectivity index (χ4v) is 11.4. The highest BCUT2D eigenvalue weighted by Gasteiger charge is 2.51. The molecule has 2 amide bonds. The molecule has 0 unspecified atom stereocenters. The number of ether oxygens (including phenoxy) is 5. The number of thioether (sulfide) groups is 1. The average molecular weight is 1250 g/mol. The number of pyridine rings is 2. The molecule has 2 aliphatic rings. The first-order valence-electron chi connectivity index (χ1n) is 30.7. The minimum absolute atomic E-state index is 0.0180. The molecule has 8 rings (SSSR count). The topological polar surface area (TPSA) is 298 Å². The van der Waals surface area contributed by atoms with Crippen molar-refractivity contribution < 1.29 is 57.2 Å². The molecule has 2 aromatic carbocycles. The molecule has 3 N–H and O–H groups in total. The van der Waals surface area contributed by atoms with Crippen LogP contribution in [0.15, 0.2) is 89.2 Å². The fraction of sp³-hybridized carbons (Fsp3) is 0.470. The molecule has 6 heterocycles. The van der Waals surface area contributed by atoms with Gasteiger partial charge in [0.05, 0.1) is 47.9 Å². The van der Waals surface area contributed by atoms with Crippen molar-refractivity contribution in [3.8, 4) is 11.4 Å². The molecule has 23 nitrogen and oxygen atoms in total. The SMILES string of the molecule is CC[C@@]1(OC(=O)OCc2ccc(NC(=O)[C@H](CCCCN)CC(=O)COCC(=O)CCCOCCn3cc(CCC(=O)CCC/C=C\c4cnc(SC)nc4)nn3)cc2)C(=O)OCc2c1cc1n(c2=O)Cc2c-1nc1ccccc1c2CCN(C(C)=O)C(C)C. The largest absolute Gasteiger partial charge is 0.510 e. The van der Waals surface area contributed by atoms with Crippen LogP contribution in [0.25, 0.3) is 28.4 Å². The Morgan fingerprint density at radius 1 is 0.900 bits per heavy atom. The van der Waals surface area contributed by atoms with Crippen LogP contribution in [0.2, 0.25) is 0 Å². The van der Waals surface area contributed by atoms with E-state index in [4.69, 9.17) is 34.4 Å². The molecule has 0 radical (unpaired) electrons. The number of allylic oxidation sites excluding steroid dienone is 1. The molecule has 90 heavy (non-hydrogen) atoms. The first kappa shape index (κ1) is 67.6. The van der Waals surface area contributed by atoms with Gasteiger partial charge in [0.1, 0.15) is 32.2 Å². The van der Waals surface area contributed by atoms with E-state index in [1.807, 2.05) is 56.5 Å². The number of hydrogen-bond acceptors (Lipinski definition) is 20. The second-order valence-corrected chi connectivity index (χ2v) is 23.4. The van der Waals surface area contributed by atoms with Gasteiger partial charge in [-0.3, -0.25) is 28.8 Å². The maximum atomic E-state index is 14.4. The van der Waals surface area contributed by atoms with Crippen molar-refractivity contribution in [3.05, 3.63) is 129 Å². The van der Waals surface area contributed by atoms with Crippen molar-refractivity contribution in [3.63, 3.8) is 0 Å². The lowest BCUT2D eigenvalue weighted by atomic mass is 9.85. The Kier molecular flexibility index (Phi) is 24.8. The number of carbonyl (C=O) groups is 7. The molecule has 478 valence electrons. The normalized spacial score (nSPS) is 14.5. The molecular formula is C66H80N10O13S. The number of benzene rings is 2. The van der Waals surface area contributed by atoms with Crippen LogP contribution in [0.3, 0.4) is 0 Å². The number of Topliss-reactive ketones (excluding diaryl/α,β-unsaturated/α-hetero) is 3. The zero-order valence-corrected chi connectivity index (χ0v) is 52.7. The van der Waals surface area contributed by atoms with Crippen LogP contribution in [0, 0.1) is 5.92 Å². The number of esters is 1. The third-order valence-corrected chi connectivity index (χ3v) is 16.5. The molecule has 0 aliphatic carbocycles. The summed E-state index contributed by atoms with van der Waals surface area (Å²) in [5.41, 5.74) is 9.78. The molecule has 0 fully saturated rings. The highest BCUT2D eigenvalue weighted by molar-refractivity contribution is 7.98. The monoisotopic (exact) mass is 1250 g/mol. The van der Waals surface area contributed by atoms with E-state index in [1.54, 1.807) is 76.9 Å². The Morgan fingerprint density at radius 2 is 1.67 bits per heavy atom. The lowest BCUT2D eigenvalue weighted by Crippen LogP contribution is -2.47. The standard InChI is InChI=1S/C66H80N10O13S/c1-6-66(57-34-59-60-55(38-76(59)62(82)56(57)42-87-63(66)83)53(27-29-75(43(2)3)44(4)77)54-19-10-11-20-58(54)71-60)89-65(84)88-39-45-21-23-48(24-22-45)70-61(81)47(16-12-13-28-67)33-52(80)41-86-40-51(79)18-14-31-85-32-30-74-37-49(72-73-74)25-26-50(78)17-9-7-8-15-46-35-68-64(90-5)69-36-46/h8,10-11,15,19-24,34-37,43,47H,6-7,9,12-14,16-18,25-33,38-42,67H2,1-5H3,(H,70,81)/b15-8-/t47-,66+/m1/s1. The van der Waals surface area contributed by atoms with Crippen molar-refractivity contribution >= 4 is 75.7 Å². The number of para-hydroxylation sites is 1. The van der Waals surface area contributed by atoms with Crippen LogP contribution in [0.1, 0.15) is 137 Å². The van der Waals surface area contributed by atoms with E-state index in [0.29, 0.717) is 112 Å². The van der Waals surface area contributed by atoms with Crippen LogP contribution in [0.5, 0.6) is 0 Å². The molecule has 0 saturated carbocycles. The van der Waals surface area contributed by atoms with Crippen LogP contribution in [0.4, 0.5) is 10.5 Å². The zero-order chi connectivity index (χ0) is 64.2. The fourth-order valence-electron chi connectivity index (χ4n) is 11.1.